The summed E-state index contributed by atoms with van der Waals surface area (Å²) in [5, 5.41) is 12.4. The van der Waals surface area contributed by atoms with E-state index in [0.717, 1.165) is 25.7 Å². The molecule has 2 N–H and O–H groups in total. The van der Waals surface area contributed by atoms with E-state index in [9.17, 15) is 4.79 Å². The summed E-state index contributed by atoms with van der Waals surface area (Å²) in [6.45, 7) is 6.37. The minimum absolute atomic E-state index is 0.0884. The fourth-order valence-electron chi connectivity index (χ4n) is 2.16. The summed E-state index contributed by atoms with van der Waals surface area (Å²) in [7, 11) is 0. The van der Waals surface area contributed by atoms with E-state index in [4.69, 9.17) is 5.11 Å². The molecule has 3 heteroatoms. The lowest BCUT2D eigenvalue weighted by atomic mass is 9.85. The highest BCUT2D eigenvalue weighted by molar-refractivity contribution is 5.70. The molecule has 1 aliphatic rings. The van der Waals surface area contributed by atoms with Gasteiger partial charge in [0.05, 0.1) is 5.92 Å². The first kappa shape index (κ1) is 11.5. The molecule has 0 bridgehead atoms. The maximum absolute atomic E-state index is 10.8. The lowest BCUT2D eigenvalue weighted by molar-refractivity contribution is -0.143. The average molecular weight is 199 g/mol. The molecule has 0 aromatic heterocycles. The van der Waals surface area contributed by atoms with Crippen molar-refractivity contribution in [2.75, 3.05) is 0 Å². The van der Waals surface area contributed by atoms with Gasteiger partial charge in [-0.15, -0.1) is 0 Å². The third-order valence-corrected chi connectivity index (χ3v) is 2.66. The van der Waals surface area contributed by atoms with Crippen LogP contribution in [-0.2, 0) is 4.79 Å². The monoisotopic (exact) mass is 199 g/mol. The van der Waals surface area contributed by atoms with Crippen molar-refractivity contribution in [3.8, 4) is 0 Å². The highest BCUT2D eigenvalue weighted by Crippen LogP contribution is 2.25. The van der Waals surface area contributed by atoms with Crippen molar-refractivity contribution >= 4 is 5.97 Å². The van der Waals surface area contributed by atoms with Crippen LogP contribution in [0.3, 0.4) is 0 Å². The minimum Gasteiger partial charge on any atom is -0.481 e. The Labute approximate surface area is 85.9 Å². The molecule has 0 heterocycles. The Morgan fingerprint density at radius 1 is 1.36 bits per heavy atom. The van der Waals surface area contributed by atoms with Crippen molar-refractivity contribution < 1.29 is 9.90 Å². The van der Waals surface area contributed by atoms with Gasteiger partial charge in [-0.05, 0) is 40.0 Å². The Balaban J connectivity index is 2.44. The maximum Gasteiger partial charge on any atom is 0.306 e. The van der Waals surface area contributed by atoms with Gasteiger partial charge < -0.3 is 10.4 Å². The van der Waals surface area contributed by atoms with Crippen LogP contribution < -0.4 is 5.32 Å². The number of nitrogens with one attached hydrogen (secondary N) is 1. The molecule has 1 fully saturated rings. The molecule has 0 spiro atoms. The van der Waals surface area contributed by atoms with E-state index < -0.39 is 5.97 Å². The lowest BCUT2D eigenvalue weighted by Crippen LogP contribution is -2.46. The van der Waals surface area contributed by atoms with E-state index in [1.165, 1.54) is 0 Å². The first-order chi connectivity index (χ1) is 6.38. The van der Waals surface area contributed by atoms with Crippen molar-refractivity contribution in [1.29, 1.82) is 0 Å². The van der Waals surface area contributed by atoms with Gasteiger partial charge in [0.2, 0.25) is 0 Å². The Bertz CT molecular complexity index is 208. The molecule has 0 aromatic carbocycles. The predicted octanol–water partition coefficient (Wildman–Crippen LogP) is 2.02. The summed E-state index contributed by atoms with van der Waals surface area (Å²) in [4.78, 5) is 10.8. The molecule has 1 saturated carbocycles. The molecule has 3 nitrogen and oxygen atoms in total. The molecule has 2 atom stereocenters. The van der Waals surface area contributed by atoms with Gasteiger partial charge in [0.1, 0.15) is 0 Å². The molecule has 82 valence electrons. The lowest BCUT2D eigenvalue weighted by Gasteiger charge is -2.33. The van der Waals surface area contributed by atoms with Gasteiger partial charge in [-0.2, -0.15) is 0 Å². The van der Waals surface area contributed by atoms with E-state index in [0.29, 0.717) is 6.04 Å². The molecule has 0 aliphatic heterocycles. The van der Waals surface area contributed by atoms with E-state index >= 15 is 0 Å². The molecule has 0 saturated heterocycles. The van der Waals surface area contributed by atoms with Crippen LogP contribution >= 0.6 is 0 Å². The molecule has 14 heavy (non-hydrogen) atoms. The van der Waals surface area contributed by atoms with Gasteiger partial charge in [-0.25, -0.2) is 0 Å². The van der Waals surface area contributed by atoms with Gasteiger partial charge >= 0.3 is 5.97 Å². The van der Waals surface area contributed by atoms with Crippen molar-refractivity contribution in [3.63, 3.8) is 0 Å². The summed E-state index contributed by atoms with van der Waals surface area (Å²) in [5.74, 6) is -0.769. The normalized spacial score (nSPS) is 28.8. The Kier molecular flexibility index (Phi) is 3.53. The van der Waals surface area contributed by atoms with Gasteiger partial charge in [0.15, 0.2) is 0 Å². The summed E-state index contributed by atoms with van der Waals surface area (Å²) in [6, 6.07) is 0.379. The predicted molar refractivity (Wildman–Crippen MR) is 56.3 cm³/mol. The molecular formula is C11H21NO2. The third-order valence-electron chi connectivity index (χ3n) is 2.66. The topological polar surface area (TPSA) is 49.3 Å². The molecule has 0 aromatic rings. The van der Waals surface area contributed by atoms with Crippen LogP contribution in [-0.4, -0.2) is 22.7 Å². The van der Waals surface area contributed by atoms with Crippen molar-refractivity contribution in [3.05, 3.63) is 0 Å². The van der Waals surface area contributed by atoms with Gasteiger partial charge in [-0.3, -0.25) is 4.79 Å². The number of aliphatic carboxylic acids is 1. The molecule has 2 unspecified atom stereocenters. The van der Waals surface area contributed by atoms with Gasteiger partial charge in [0, 0.05) is 11.6 Å². The van der Waals surface area contributed by atoms with Crippen LogP contribution in [0.15, 0.2) is 0 Å². The number of hydrogen-bond donors (Lipinski definition) is 2. The molecule has 0 radical (unpaired) electrons. The highest BCUT2D eigenvalue weighted by Gasteiger charge is 2.28. The maximum atomic E-state index is 10.8. The fourth-order valence-corrected chi connectivity index (χ4v) is 2.16. The van der Waals surface area contributed by atoms with Gasteiger partial charge in [0.25, 0.3) is 0 Å². The molecule has 1 aliphatic carbocycles. The quantitative estimate of drug-likeness (QED) is 0.715. The summed E-state index contributed by atoms with van der Waals surface area (Å²) in [5.41, 5.74) is 0.0884. The van der Waals surface area contributed by atoms with E-state index in [1.54, 1.807) is 0 Å². The second-order valence-corrected chi connectivity index (χ2v) is 5.29. The highest BCUT2D eigenvalue weighted by atomic mass is 16.4. The average Bonchev–Trinajstić information content (AvgIpc) is 2.01. The van der Waals surface area contributed by atoms with E-state index in [1.807, 2.05) is 0 Å². The Hall–Kier alpha value is -0.570. The molecule has 1 rings (SSSR count). The number of carboxylic acids is 1. The first-order valence-electron chi connectivity index (χ1n) is 5.39. The SMILES string of the molecule is CC(C)(C)NC1CCCC(C(=O)O)C1. The van der Waals surface area contributed by atoms with E-state index in [-0.39, 0.29) is 11.5 Å². The van der Waals surface area contributed by atoms with Crippen LogP contribution in [0, 0.1) is 5.92 Å². The number of rotatable bonds is 2. The number of hydrogen-bond acceptors (Lipinski definition) is 2. The van der Waals surface area contributed by atoms with Crippen LogP contribution in [0.1, 0.15) is 46.5 Å². The minimum atomic E-state index is -0.634. The second kappa shape index (κ2) is 4.30. The van der Waals surface area contributed by atoms with Crippen LogP contribution in [0.5, 0.6) is 0 Å². The third kappa shape index (κ3) is 3.66. The summed E-state index contributed by atoms with van der Waals surface area (Å²) < 4.78 is 0. The zero-order valence-electron chi connectivity index (χ0n) is 9.34. The Morgan fingerprint density at radius 2 is 2.00 bits per heavy atom. The Morgan fingerprint density at radius 3 is 2.50 bits per heavy atom. The summed E-state index contributed by atoms with van der Waals surface area (Å²) in [6.07, 6.45) is 3.77. The van der Waals surface area contributed by atoms with Gasteiger partial charge in [-0.1, -0.05) is 6.42 Å². The van der Waals surface area contributed by atoms with Crippen LogP contribution in [0.2, 0.25) is 0 Å². The largest absolute Gasteiger partial charge is 0.481 e. The zero-order valence-corrected chi connectivity index (χ0v) is 9.34. The first-order valence-corrected chi connectivity index (χ1v) is 5.39. The van der Waals surface area contributed by atoms with Crippen LogP contribution in [0.25, 0.3) is 0 Å². The number of carbonyl (C=O) groups is 1. The molecular weight excluding hydrogens is 178 g/mol. The van der Waals surface area contributed by atoms with E-state index in [2.05, 4.69) is 26.1 Å². The van der Waals surface area contributed by atoms with Crippen LogP contribution in [0.4, 0.5) is 0 Å². The van der Waals surface area contributed by atoms with Crippen molar-refractivity contribution in [2.45, 2.75) is 58.0 Å². The second-order valence-electron chi connectivity index (χ2n) is 5.29. The standard InChI is InChI=1S/C11H21NO2/c1-11(2,3)12-9-6-4-5-8(7-9)10(13)14/h8-9,12H,4-7H2,1-3H3,(H,13,14). The zero-order chi connectivity index (χ0) is 10.8. The van der Waals surface area contributed by atoms with Crippen molar-refractivity contribution in [1.82, 2.24) is 5.32 Å². The smallest absolute Gasteiger partial charge is 0.306 e. The fraction of sp³-hybridized carbons (Fsp3) is 0.909. The number of carboxylic acid groups (broad SMARTS) is 1. The molecule has 0 amide bonds. The summed E-state index contributed by atoms with van der Waals surface area (Å²) >= 11 is 0. The van der Waals surface area contributed by atoms with Crippen molar-refractivity contribution in [2.24, 2.45) is 5.92 Å².